The normalized spacial score (nSPS) is 10.3. The minimum atomic E-state index is -0.983. The summed E-state index contributed by atoms with van der Waals surface area (Å²) in [6.45, 7) is 2.32. The fourth-order valence-electron chi connectivity index (χ4n) is 1.56. The summed E-state index contributed by atoms with van der Waals surface area (Å²) in [5.74, 6) is 0.616. The second-order valence-corrected chi connectivity index (χ2v) is 4.27. The van der Waals surface area contributed by atoms with Crippen molar-refractivity contribution in [2.75, 3.05) is 5.32 Å². The lowest BCUT2D eigenvalue weighted by atomic mass is 10.2. The molecule has 0 aliphatic rings. The second kappa shape index (κ2) is 5.14. The van der Waals surface area contributed by atoms with E-state index in [9.17, 15) is 4.79 Å². The third kappa shape index (κ3) is 2.84. The molecule has 0 radical (unpaired) electrons. The Kier molecular flexibility index (Phi) is 3.58. The van der Waals surface area contributed by atoms with Crippen molar-refractivity contribution in [2.24, 2.45) is 0 Å². The van der Waals surface area contributed by atoms with Gasteiger partial charge in [-0.2, -0.15) is 0 Å². The number of aryl methyl sites for hydroxylation is 1. The van der Waals surface area contributed by atoms with Crippen LogP contribution in [0.2, 0.25) is 5.02 Å². The van der Waals surface area contributed by atoms with Crippen LogP contribution in [0.15, 0.2) is 34.7 Å². The smallest absolute Gasteiger partial charge is 0.335 e. The van der Waals surface area contributed by atoms with Gasteiger partial charge in [-0.15, -0.1) is 0 Å². The van der Waals surface area contributed by atoms with Crippen LogP contribution in [0.3, 0.4) is 0 Å². The van der Waals surface area contributed by atoms with E-state index in [1.54, 1.807) is 6.07 Å². The molecule has 94 valence electrons. The number of aromatic carboxylic acids is 1. The molecule has 4 nitrogen and oxygen atoms in total. The molecule has 0 atom stereocenters. The topological polar surface area (TPSA) is 62.5 Å². The van der Waals surface area contributed by atoms with E-state index in [0.29, 0.717) is 17.3 Å². The van der Waals surface area contributed by atoms with Crippen LogP contribution in [-0.2, 0) is 6.54 Å². The van der Waals surface area contributed by atoms with Crippen molar-refractivity contribution in [3.63, 3.8) is 0 Å². The molecule has 5 heteroatoms. The van der Waals surface area contributed by atoms with E-state index < -0.39 is 5.97 Å². The van der Waals surface area contributed by atoms with Crippen LogP contribution in [0.4, 0.5) is 5.69 Å². The second-order valence-electron chi connectivity index (χ2n) is 3.87. The van der Waals surface area contributed by atoms with Gasteiger partial charge < -0.3 is 14.8 Å². The maximum atomic E-state index is 10.9. The molecule has 0 amide bonds. The highest BCUT2D eigenvalue weighted by atomic mass is 35.5. The number of halogens is 1. The minimum Gasteiger partial charge on any atom is -0.478 e. The van der Waals surface area contributed by atoms with Crippen LogP contribution >= 0.6 is 11.6 Å². The van der Waals surface area contributed by atoms with Crippen LogP contribution in [0.1, 0.15) is 21.9 Å². The predicted molar refractivity (Wildman–Crippen MR) is 69.2 cm³/mol. The highest BCUT2D eigenvalue weighted by Crippen LogP contribution is 2.24. The van der Waals surface area contributed by atoms with E-state index >= 15 is 0 Å². The van der Waals surface area contributed by atoms with Gasteiger partial charge in [0.2, 0.25) is 0 Å². The monoisotopic (exact) mass is 265 g/mol. The van der Waals surface area contributed by atoms with E-state index in [0.717, 1.165) is 11.5 Å². The summed E-state index contributed by atoms with van der Waals surface area (Å²) < 4.78 is 5.40. The van der Waals surface area contributed by atoms with Crippen LogP contribution in [0.5, 0.6) is 0 Å². The number of carboxylic acid groups (broad SMARTS) is 1. The quantitative estimate of drug-likeness (QED) is 0.887. The molecule has 0 aliphatic heterocycles. The Morgan fingerprint density at radius 3 is 2.78 bits per heavy atom. The van der Waals surface area contributed by atoms with Crippen molar-refractivity contribution in [1.29, 1.82) is 0 Å². The van der Waals surface area contributed by atoms with Crippen molar-refractivity contribution in [1.82, 2.24) is 0 Å². The molecule has 1 aromatic heterocycles. The molecule has 1 heterocycles. The van der Waals surface area contributed by atoms with Gasteiger partial charge in [0.05, 0.1) is 22.8 Å². The molecule has 2 rings (SSSR count). The zero-order valence-electron chi connectivity index (χ0n) is 9.74. The Balaban J connectivity index is 2.13. The van der Waals surface area contributed by atoms with Gasteiger partial charge in [-0.05, 0) is 37.3 Å². The van der Waals surface area contributed by atoms with Crippen molar-refractivity contribution in [3.05, 3.63) is 52.4 Å². The number of nitrogens with one attached hydrogen (secondary N) is 1. The Morgan fingerprint density at radius 2 is 2.17 bits per heavy atom. The standard InChI is InChI=1S/C13H12ClNO3/c1-8-2-4-10(18-8)7-15-12-6-9(13(16)17)3-5-11(12)14/h2-6,15H,7H2,1H3,(H,16,17). The maximum absolute atomic E-state index is 10.9. The summed E-state index contributed by atoms with van der Waals surface area (Å²) in [6, 6.07) is 8.25. The molecule has 2 N–H and O–H groups in total. The molecule has 0 fully saturated rings. The van der Waals surface area contributed by atoms with Crippen LogP contribution < -0.4 is 5.32 Å². The van der Waals surface area contributed by atoms with Gasteiger partial charge >= 0.3 is 5.97 Å². The van der Waals surface area contributed by atoms with Gasteiger partial charge in [-0.3, -0.25) is 0 Å². The first-order valence-corrected chi connectivity index (χ1v) is 5.76. The molecule has 0 saturated carbocycles. The fourth-order valence-corrected chi connectivity index (χ4v) is 1.74. The molecule has 0 aliphatic carbocycles. The lowest BCUT2D eigenvalue weighted by molar-refractivity contribution is 0.0697. The average molecular weight is 266 g/mol. The lowest BCUT2D eigenvalue weighted by Gasteiger charge is -2.07. The van der Waals surface area contributed by atoms with Gasteiger partial charge in [0.15, 0.2) is 0 Å². The minimum absolute atomic E-state index is 0.192. The molecule has 1 aromatic carbocycles. The van der Waals surface area contributed by atoms with Crippen LogP contribution in [0, 0.1) is 6.92 Å². The third-order valence-corrected chi connectivity index (χ3v) is 2.79. The predicted octanol–water partition coefficient (Wildman–Crippen LogP) is 3.55. The summed E-state index contributed by atoms with van der Waals surface area (Å²) in [5.41, 5.74) is 0.767. The summed E-state index contributed by atoms with van der Waals surface area (Å²) >= 11 is 5.99. The Hall–Kier alpha value is -1.94. The maximum Gasteiger partial charge on any atom is 0.335 e. The molecule has 0 unspecified atom stereocenters. The number of hydrogen-bond donors (Lipinski definition) is 2. The van der Waals surface area contributed by atoms with Crippen molar-refractivity contribution in [2.45, 2.75) is 13.5 Å². The zero-order valence-corrected chi connectivity index (χ0v) is 10.5. The van der Waals surface area contributed by atoms with E-state index in [-0.39, 0.29) is 5.56 Å². The number of hydrogen-bond acceptors (Lipinski definition) is 3. The van der Waals surface area contributed by atoms with Gasteiger partial charge in [-0.1, -0.05) is 11.6 Å². The number of anilines is 1. The number of furan rings is 1. The zero-order chi connectivity index (χ0) is 13.1. The molecule has 0 saturated heterocycles. The van der Waals surface area contributed by atoms with E-state index in [2.05, 4.69) is 5.32 Å². The first kappa shape index (κ1) is 12.5. The van der Waals surface area contributed by atoms with Gasteiger partial charge in [0.25, 0.3) is 0 Å². The van der Waals surface area contributed by atoms with Gasteiger partial charge in [0.1, 0.15) is 11.5 Å². The molecular weight excluding hydrogens is 254 g/mol. The number of benzene rings is 1. The largest absolute Gasteiger partial charge is 0.478 e. The molecule has 2 aromatic rings. The third-order valence-electron chi connectivity index (χ3n) is 2.46. The Morgan fingerprint density at radius 1 is 1.39 bits per heavy atom. The highest BCUT2D eigenvalue weighted by molar-refractivity contribution is 6.33. The van der Waals surface area contributed by atoms with Crippen LogP contribution in [0.25, 0.3) is 0 Å². The van der Waals surface area contributed by atoms with Crippen LogP contribution in [-0.4, -0.2) is 11.1 Å². The van der Waals surface area contributed by atoms with Crippen molar-refractivity contribution in [3.8, 4) is 0 Å². The molecular formula is C13H12ClNO3. The first-order valence-electron chi connectivity index (χ1n) is 5.38. The van der Waals surface area contributed by atoms with E-state index in [4.69, 9.17) is 21.1 Å². The summed E-state index contributed by atoms with van der Waals surface area (Å²) in [4.78, 5) is 10.9. The fraction of sp³-hybridized carbons (Fsp3) is 0.154. The van der Waals surface area contributed by atoms with Gasteiger partial charge in [-0.25, -0.2) is 4.79 Å². The van der Waals surface area contributed by atoms with Crippen molar-refractivity contribution >= 4 is 23.3 Å². The SMILES string of the molecule is Cc1ccc(CNc2cc(C(=O)O)ccc2Cl)o1. The number of carbonyl (C=O) groups is 1. The van der Waals surface area contributed by atoms with E-state index in [1.165, 1.54) is 12.1 Å². The molecule has 0 bridgehead atoms. The van der Waals surface area contributed by atoms with E-state index in [1.807, 2.05) is 19.1 Å². The Labute approximate surface area is 109 Å². The number of carboxylic acids is 1. The first-order chi connectivity index (χ1) is 8.56. The lowest BCUT2D eigenvalue weighted by Crippen LogP contribution is -2.02. The Bertz CT molecular complexity index is 577. The number of rotatable bonds is 4. The summed E-state index contributed by atoms with van der Waals surface area (Å²) in [7, 11) is 0. The average Bonchev–Trinajstić information content (AvgIpc) is 2.74. The summed E-state index contributed by atoms with van der Waals surface area (Å²) in [5, 5.41) is 12.4. The molecule has 18 heavy (non-hydrogen) atoms. The van der Waals surface area contributed by atoms with Gasteiger partial charge in [0, 0.05) is 0 Å². The van der Waals surface area contributed by atoms with Crippen molar-refractivity contribution < 1.29 is 14.3 Å². The summed E-state index contributed by atoms with van der Waals surface area (Å²) in [6.07, 6.45) is 0. The molecule has 0 spiro atoms. The highest BCUT2D eigenvalue weighted by Gasteiger charge is 2.07.